The van der Waals surface area contributed by atoms with Crippen molar-refractivity contribution in [2.75, 3.05) is 5.43 Å². The van der Waals surface area contributed by atoms with Crippen LogP contribution in [0.2, 0.25) is 4.34 Å². The lowest BCUT2D eigenvalue weighted by Crippen LogP contribution is -2.12. The predicted octanol–water partition coefficient (Wildman–Crippen LogP) is 3.65. The van der Waals surface area contributed by atoms with Crippen molar-refractivity contribution in [3.63, 3.8) is 0 Å². The van der Waals surface area contributed by atoms with Crippen molar-refractivity contribution in [1.82, 2.24) is 9.97 Å². The second-order valence-electron chi connectivity index (χ2n) is 3.69. The summed E-state index contributed by atoms with van der Waals surface area (Å²) in [6, 6.07) is 1.93. The maximum absolute atomic E-state index is 6.04. The van der Waals surface area contributed by atoms with Crippen molar-refractivity contribution >= 4 is 56.4 Å². The van der Waals surface area contributed by atoms with Gasteiger partial charge < -0.3 is 5.43 Å². The fraction of sp³-hybridized carbons (Fsp3) is 0.200. The molecule has 0 fully saturated rings. The lowest BCUT2D eigenvalue weighted by molar-refractivity contribution is 1.06. The number of nitrogens with two attached hydrogens (primary N) is 1. The number of rotatable bonds is 2. The Hall–Kier alpha value is -0.340. The van der Waals surface area contributed by atoms with E-state index < -0.39 is 0 Å². The van der Waals surface area contributed by atoms with Gasteiger partial charge in [-0.3, -0.25) is 0 Å². The van der Waals surface area contributed by atoms with Crippen LogP contribution in [0.3, 0.4) is 0 Å². The van der Waals surface area contributed by atoms with Gasteiger partial charge >= 0.3 is 0 Å². The Labute approximate surface area is 125 Å². The second-order valence-corrected chi connectivity index (χ2v) is 7.18. The number of nitrogens with one attached hydrogen (secondary N) is 1. The smallest absolute Gasteiger partial charge is 0.172 e. The van der Waals surface area contributed by atoms with Crippen LogP contribution in [0.5, 0.6) is 0 Å². The van der Waals surface area contributed by atoms with Crippen LogP contribution in [0.25, 0.3) is 10.7 Å². The van der Waals surface area contributed by atoms with E-state index >= 15 is 0 Å². The molecule has 18 heavy (non-hydrogen) atoms. The zero-order chi connectivity index (χ0) is 12.7. The summed E-state index contributed by atoms with van der Waals surface area (Å²) in [7, 11) is 0. The van der Waals surface area contributed by atoms with Gasteiger partial charge in [0.25, 0.3) is 0 Å². The Morgan fingerprint density at radius 1 is 1.39 bits per heavy atom. The molecule has 0 unspecified atom stereocenters. The number of halogens is 2. The normalized spacial score (nSPS) is 13.7. The monoisotopic (exact) mass is 362 g/mol. The first-order chi connectivity index (χ1) is 8.69. The summed E-state index contributed by atoms with van der Waals surface area (Å²) in [6.45, 7) is 0. The molecule has 0 spiro atoms. The number of hydrazine groups is 1. The number of hydrogen-bond donors (Lipinski definition) is 2. The van der Waals surface area contributed by atoms with Crippen molar-refractivity contribution in [2.45, 2.75) is 11.5 Å². The Balaban J connectivity index is 2.13. The molecule has 94 valence electrons. The Morgan fingerprint density at radius 3 is 2.89 bits per heavy atom. The van der Waals surface area contributed by atoms with Gasteiger partial charge in [-0.25, -0.2) is 15.8 Å². The van der Waals surface area contributed by atoms with E-state index in [1.165, 1.54) is 11.3 Å². The van der Waals surface area contributed by atoms with Crippen molar-refractivity contribution < 1.29 is 0 Å². The van der Waals surface area contributed by atoms with E-state index in [4.69, 9.17) is 17.4 Å². The highest BCUT2D eigenvalue weighted by Gasteiger charge is 2.20. The van der Waals surface area contributed by atoms with Crippen LogP contribution in [-0.2, 0) is 11.5 Å². The highest BCUT2D eigenvalue weighted by Crippen LogP contribution is 2.39. The maximum Gasteiger partial charge on any atom is 0.172 e. The topological polar surface area (TPSA) is 63.8 Å². The number of anilines is 1. The summed E-state index contributed by atoms with van der Waals surface area (Å²) in [5, 5.41) is 0. The second kappa shape index (κ2) is 4.97. The number of nitrogen functional groups attached to an aromatic ring is 1. The largest absolute Gasteiger partial charge is 0.308 e. The van der Waals surface area contributed by atoms with Gasteiger partial charge in [-0.15, -0.1) is 11.3 Å². The van der Waals surface area contributed by atoms with Gasteiger partial charge in [-0.05, 0) is 22.0 Å². The van der Waals surface area contributed by atoms with E-state index in [2.05, 4.69) is 31.3 Å². The van der Waals surface area contributed by atoms with E-state index in [-0.39, 0.29) is 0 Å². The number of aromatic nitrogens is 2. The lowest BCUT2D eigenvalue weighted by atomic mass is 10.2. The van der Waals surface area contributed by atoms with Gasteiger partial charge in [0.05, 0.1) is 10.6 Å². The van der Waals surface area contributed by atoms with Crippen LogP contribution in [0.15, 0.2) is 10.5 Å². The molecule has 3 rings (SSSR count). The minimum Gasteiger partial charge on any atom is -0.308 e. The molecule has 4 nitrogen and oxygen atoms in total. The Bertz CT molecular complexity index is 597. The molecule has 1 aliphatic heterocycles. The third kappa shape index (κ3) is 2.14. The molecule has 0 amide bonds. The standard InChI is InChI=1S/C10H8BrClN4S2/c11-5-1-7(18-8(5)12)10-14-6-3-17-2-4(6)9(15-10)16-13/h1H,2-3,13H2,(H,14,15,16). The van der Waals surface area contributed by atoms with E-state index in [1.807, 2.05) is 17.8 Å². The van der Waals surface area contributed by atoms with Crippen LogP contribution < -0.4 is 11.3 Å². The molecule has 0 aliphatic carbocycles. The van der Waals surface area contributed by atoms with Gasteiger partial charge in [0, 0.05) is 21.5 Å². The van der Waals surface area contributed by atoms with Crippen LogP contribution in [0, 0.1) is 0 Å². The fourth-order valence-corrected chi connectivity index (χ4v) is 4.42. The van der Waals surface area contributed by atoms with Crippen molar-refractivity contribution in [3.8, 4) is 10.7 Å². The number of fused-ring (bicyclic) bond motifs is 1. The Kier molecular flexibility index (Phi) is 3.50. The van der Waals surface area contributed by atoms with Gasteiger partial charge in [0.1, 0.15) is 10.2 Å². The molecule has 0 saturated heterocycles. The van der Waals surface area contributed by atoms with Crippen LogP contribution in [-0.4, -0.2) is 9.97 Å². The zero-order valence-electron chi connectivity index (χ0n) is 9.04. The molecule has 0 saturated carbocycles. The number of hydrogen-bond acceptors (Lipinski definition) is 6. The van der Waals surface area contributed by atoms with Crippen molar-refractivity contribution in [2.24, 2.45) is 5.84 Å². The number of nitrogens with zero attached hydrogens (tertiary/aromatic N) is 2. The quantitative estimate of drug-likeness (QED) is 0.630. The maximum atomic E-state index is 6.04. The summed E-state index contributed by atoms with van der Waals surface area (Å²) < 4.78 is 1.57. The minimum absolute atomic E-state index is 0.668. The van der Waals surface area contributed by atoms with E-state index in [1.54, 1.807) is 0 Å². The number of thioether (sulfide) groups is 1. The molecular weight excluding hydrogens is 356 g/mol. The summed E-state index contributed by atoms with van der Waals surface area (Å²) in [5.74, 6) is 8.71. The molecule has 2 aromatic rings. The highest BCUT2D eigenvalue weighted by atomic mass is 79.9. The predicted molar refractivity (Wildman–Crippen MR) is 80.9 cm³/mol. The Morgan fingerprint density at radius 2 is 2.22 bits per heavy atom. The third-order valence-corrected chi connectivity index (χ3v) is 6.02. The van der Waals surface area contributed by atoms with E-state index in [9.17, 15) is 0 Å². The van der Waals surface area contributed by atoms with Crippen LogP contribution in [0.1, 0.15) is 11.3 Å². The summed E-state index contributed by atoms with van der Waals surface area (Å²) >= 11 is 12.7. The third-order valence-electron chi connectivity index (χ3n) is 2.58. The van der Waals surface area contributed by atoms with Gasteiger partial charge in [0.2, 0.25) is 0 Å². The molecule has 8 heteroatoms. The van der Waals surface area contributed by atoms with Crippen molar-refractivity contribution in [1.29, 1.82) is 0 Å². The lowest BCUT2D eigenvalue weighted by Gasteiger charge is -2.07. The zero-order valence-corrected chi connectivity index (χ0v) is 13.0. The van der Waals surface area contributed by atoms with Gasteiger partial charge in [0.15, 0.2) is 5.82 Å². The molecular formula is C10H8BrClN4S2. The van der Waals surface area contributed by atoms with E-state index in [0.29, 0.717) is 16.0 Å². The van der Waals surface area contributed by atoms with Crippen LogP contribution >= 0.6 is 50.6 Å². The first-order valence-electron chi connectivity index (χ1n) is 5.08. The fourth-order valence-electron chi connectivity index (χ4n) is 1.74. The van der Waals surface area contributed by atoms with Gasteiger partial charge in [-0.1, -0.05) is 11.6 Å². The average molecular weight is 364 g/mol. The summed E-state index contributed by atoms with van der Waals surface area (Å²) in [5.41, 5.74) is 4.81. The molecule has 0 aromatic carbocycles. The average Bonchev–Trinajstić information content (AvgIpc) is 2.95. The SMILES string of the molecule is NNc1nc(-c2cc(Br)c(Cl)s2)nc2c1CSC2. The molecule has 0 radical (unpaired) electrons. The molecule has 0 bridgehead atoms. The van der Waals surface area contributed by atoms with E-state index in [0.717, 1.165) is 32.1 Å². The van der Waals surface area contributed by atoms with Crippen LogP contribution in [0.4, 0.5) is 5.82 Å². The summed E-state index contributed by atoms with van der Waals surface area (Å²) in [4.78, 5) is 9.98. The minimum atomic E-state index is 0.668. The van der Waals surface area contributed by atoms with Crippen molar-refractivity contribution in [3.05, 3.63) is 26.1 Å². The number of thiophene rings is 1. The molecule has 3 N–H and O–H groups in total. The van der Waals surface area contributed by atoms with Gasteiger partial charge in [-0.2, -0.15) is 11.8 Å². The highest BCUT2D eigenvalue weighted by molar-refractivity contribution is 9.10. The molecule has 0 atom stereocenters. The molecule has 1 aliphatic rings. The molecule has 2 aromatic heterocycles. The molecule has 3 heterocycles. The first kappa shape index (κ1) is 12.7. The first-order valence-corrected chi connectivity index (χ1v) is 8.22. The summed E-state index contributed by atoms with van der Waals surface area (Å²) in [6.07, 6.45) is 0.